The first kappa shape index (κ1) is 10.2. The Bertz CT molecular complexity index is 458. The smallest absolute Gasteiger partial charge is 0.0181 e. The van der Waals surface area contributed by atoms with Crippen LogP contribution < -0.4 is 0 Å². The van der Waals surface area contributed by atoms with Crippen LogP contribution >= 0.6 is 15.9 Å². The van der Waals surface area contributed by atoms with Crippen LogP contribution in [0.2, 0.25) is 0 Å². The Morgan fingerprint density at radius 3 is 2.13 bits per heavy atom. The van der Waals surface area contributed by atoms with Crippen LogP contribution in [-0.4, -0.2) is 0 Å². The highest BCUT2D eigenvalue weighted by Gasteiger charge is 1.88. The normalized spacial score (nSPS) is 10.7. The van der Waals surface area contributed by atoms with Crippen LogP contribution in [0.4, 0.5) is 0 Å². The molecule has 0 amide bonds. The molecule has 0 aliphatic heterocycles. The second kappa shape index (κ2) is 4.94. The van der Waals surface area contributed by atoms with E-state index in [4.69, 9.17) is 0 Å². The third-order valence-corrected chi connectivity index (χ3v) is 2.61. The highest BCUT2D eigenvalue weighted by molar-refractivity contribution is 9.10. The lowest BCUT2D eigenvalue weighted by molar-refractivity contribution is 1.61. The Balaban J connectivity index is 2.19. The van der Waals surface area contributed by atoms with Gasteiger partial charge in [0.15, 0.2) is 0 Å². The van der Waals surface area contributed by atoms with Crippen molar-refractivity contribution in [2.45, 2.75) is 0 Å². The Morgan fingerprint density at radius 2 is 1.40 bits per heavy atom. The molecule has 0 saturated heterocycles. The van der Waals surface area contributed by atoms with Crippen LogP contribution in [0.3, 0.4) is 0 Å². The van der Waals surface area contributed by atoms with Gasteiger partial charge in [0.2, 0.25) is 0 Å². The molecule has 0 bridgehead atoms. The van der Waals surface area contributed by atoms with E-state index >= 15 is 0 Å². The van der Waals surface area contributed by atoms with Crippen LogP contribution in [0.25, 0.3) is 12.2 Å². The van der Waals surface area contributed by atoms with E-state index in [1.54, 1.807) is 0 Å². The summed E-state index contributed by atoms with van der Waals surface area (Å²) in [5.41, 5.74) is 2.42. The molecule has 15 heavy (non-hydrogen) atoms. The molecule has 74 valence electrons. The predicted molar refractivity (Wildman–Crippen MR) is 69.5 cm³/mol. The van der Waals surface area contributed by atoms with Gasteiger partial charge in [0.05, 0.1) is 0 Å². The minimum Gasteiger partial charge on any atom is -0.0622 e. The van der Waals surface area contributed by atoms with Gasteiger partial charge in [-0.2, -0.15) is 0 Å². The summed E-state index contributed by atoms with van der Waals surface area (Å²) in [5, 5.41) is 0. The van der Waals surface area contributed by atoms with E-state index in [2.05, 4.69) is 52.3 Å². The average Bonchev–Trinajstić information content (AvgIpc) is 2.28. The average molecular weight is 259 g/mol. The van der Waals surface area contributed by atoms with Crippen molar-refractivity contribution in [2.75, 3.05) is 0 Å². The van der Waals surface area contributed by atoms with Gasteiger partial charge in [-0.3, -0.25) is 0 Å². The van der Waals surface area contributed by atoms with E-state index in [-0.39, 0.29) is 0 Å². The van der Waals surface area contributed by atoms with E-state index in [1.807, 2.05) is 30.3 Å². The first-order valence-electron chi connectivity index (χ1n) is 4.83. The molecule has 0 aromatic heterocycles. The second-order valence-corrected chi connectivity index (χ2v) is 4.21. The van der Waals surface area contributed by atoms with Gasteiger partial charge in [-0.05, 0) is 23.3 Å². The van der Waals surface area contributed by atoms with Gasteiger partial charge in [0.1, 0.15) is 0 Å². The number of halogens is 1. The first-order valence-corrected chi connectivity index (χ1v) is 5.62. The Morgan fingerprint density at radius 1 is 0.733 bits per heavy atom. The number of benzene rings is 2. The third kappa shape index (κ3) is 3.07. The van der Waals surface area contributed by atoms with Crippen molar-refractivity contribution in [2.24, 2.45) is 0 Å². The fourth-order valence-electron chi connectivity index (χ4n) is 1.37. The summed E-state index contributed by atoms with van der Waals surface area (Å²) < 4.78 is 1.11. The van der Waals surface area contributed by atoms with Crippen molar-refractivity contribution < 1.29 is 0 Å². The van der Waals surface area contributed by atoms with Crippen molar-refractivity contribution in [1.29, 1.82) is 0 Å². The standard InChI is InChI=1S/C14H11Br/c15-14-8-4-7-13(11-14)10-9-12-5-2-1-3-6-12/h1-11H. The maximum absolute atomic E-state index is 3.45. The SMILES string of the molecule is Brc1cccc(C=Cc2ccccc2)c1. The molecule has 0 radical (unpaired) electrons. The minimum atomic E-state index is 1.11. The van der Waals surface area contributed by atoms with Crippen molar-refractivity contribution in [1.82, 2.24) is 0 Å². The molecule has 0 atom stereocenters. The van der Waals surface area contributed by atoms with Gasteiger partial charge in [-0.25, -0.2) is 0 Å². The summed E-state index contributed by atoms with van der Waals surface area (Å²) in [6, 6.07) is 18.5. The van der Waals surface area contributed by atoms with Crippen LogP contribution in [0.5, 0.6) is 0 Å². The molecule has 0 aliphatic rings. The van der Waals surface area contributed by atoms with Gasteiger partial charge in [-0.15, -0.1) is 0 Å². The molecule has 0 saturated carbocycles. The van der Waals surface area contributed by atoms with Crippen molar-refractivity contribution in [3.05, 3.63) is 70.2 Å². The summed E-state index contributed by atoms with van der Waals surface area (Å²) in [4.78, 5) is 0. The maximum atomic E-state index is 3.45. The zero-order valence-corrected chi connectivity index (χ0v) is 9.81. The molecule has 0 fully saturated rings. The maximum Gasteiger partial charge on any atom is 0.0181 e. The third-order valence-electron chi connectivity index (χ3n) is 2.12. The van der Waals surface area contributed by atoms with Crippen molar-refractivity contribution in [3.63, 3.8) is 0 Å². The summed E-state index contributed by atoms with van der Waals surface area (Å²) in [6.07, 6.45) is 4.22. The van der Waals surface area contributed by atoms with Crippen LogP contribution in [0.1, 0.15) is 11.1 Å². The lowest BCUT2D eigenvalue weighted by Gasteiger charge is -1.95. The molecule has 0 spiro atoms. The second-order valence-electron chi connectivity index (χ2n) is 3.30. The minimum absolute atomic E-state index is 1.11. The largest absolute Gasteiger partial charge is 0.0622 e. The van der Waals surface area contributed by atoms with Gasteiger partial charge >= 0.3 is 0 Å². The summed E-state index contributed by atoms with van der Waals surface area (Å²) >= 11 is 3.45. The molecular formula is C14H11Br. The van der Waals surface area contributed by atoms with E-state index in [0.29, 0.717) is 0 Å². The fourth-order valence-corrected chi connectivity index (χ4v) is 1.78. The zero-order chi connectivity index (χ0) is 10.5. The highest BCUT2D eigenvalue weighted by atomic mass is 79.9. The Kier molecular flexibility index (Phi) is 3.36. The molecule has 0 nitrogen and oxygen atoms in total. The van der Waals surface area contributed by atoms with Gasteiger partial charge in [0.25, 0.3) is 0 Å². The van der Waals surface area contributed by atoms with E-state index < -0.39 is 0 Å². The quantitative estimate of drug-likeness (QED) is 0.690. The number of hydrogen-bond acceptors (Lipinski definition) is 0. The van der Waals surface area contributed by atoms with Crippen LogP contribution in [0.15, 0.2) is 59.1 Å². The fraction of sp³-hybridized carbons (Fsp3) is 0. The summed E-state index contributed by atoms with van der Waals surface area (Å²) in [5.74, 6) is 0. The van der Waals surface area contributed by atoms with Crippen molar-refractivity contribution >= 4 is 28.1 Å². The van der Waals surface area contributed by atoms with Gasteiger partial charge < -0.3 is 0 Å². The van der Waals surface area contributed by atoms with Crippen LogP contribution in [-0.2, 0) is 0 Å². The highest BCUT2D eigenvalue weighted by Crippen LogP contribution is 2.14. The molecule has 2 aromatic carbocycles. The monoisotopic (exact) mass is 258 g/mol. The molecule has 2 aromatic rings. The summed E-state index contributed by atoms with van der Waals surface area (Å²) in [7, 11) is 0. The number of rotatable bonds is 2. The lowest BCUT2D eigenvalue weighted by Crippen LogP contribution is -1.72. The Hall–Kier alpha value is -1.34. The predicted octanol–water partition coefficient (Wildman–Crippen LogP) is 4.62. The van der Waals surface area contributed by atoms with E-state index in [0.717, 1.165) is 4.47 Å². The Labute approximate surface area is 98.4 Å². The zero-order valence-electron chi connectivity index (χ0n) is 8.23. The molecular weight excluding hydrogens is 248 g/mol. The van der Waals surface area contributed by atoms with Crippen molar-refractivity contribution in [3.8, 4) is 0 Å². The molecule has 0 unspecified atom stereocenters. The van der Waals surface area contributed by atoms with Crippen LogP contribution in [0, 0.1) is 0 Å². The molecule has 2 rings (SSSR count). The topological polar surface area (TPSA) is 0 Å². The first-order chi connectivity index (χ1) is 7.34. The van der Waals surface area contributed by atoms with E-state index in [9.17, 15) is 0 Å². The lowest BCUT2D eigenvalue weighted by atomic mass is 10.1. The molecule has 0 N–H and O–H groups in total. The van der Waals surface area contributed by atoms with Gasteiger partial charge in [-0.1, -0.05) is 70.5 Å². The van der Waals surface area contributed by atoms with E-state index in [1.165, 1.54) is 11.1 Å². The number of hydrogen-bond donors (Lipinski definition) is 0. The summed E-state index contributed by atoms with van der Waals surface area (Å²) in [6.45, 7) is 0. The van der Waals surface area contributed by atoms with Gasteiger partial charge in [0, 0.05) is 4.47 Å². The molecule has 1 heteroatoms. The molecule has 0 aliphatic carbocycles. The molecule has 0 heterocycles.